The van der Waals surface area contributed by atoms with Crippen LogP contribution in [0.1, 0.15) is 169 Å². The molecule has 1 aromatic heterocycles. The molecule has 318 valence electrons. The summed E-state index contributed by atoms with van der Waals surface area (Å²) in [6, 6.07) is 49.1. The zero-order valence-electron chi connectivity index (χ0n) is 36.6. The van der Waals surface area contributed by atoms with Gasteiger partial charge in [0.15, 0.2) is 17.5 Å². The van der Waals surface area contributed by atoms with E-state index in [0.29, 0.717) is 29.3 Å². The monoisotopic (exact) mass is 830 g/mol. The van der Waals surface area contributed by atoms with E-state index in [1.807, 2.05) is 66.7 Å². The van der Waals surface area contributed by atoms with Crippen LogP contribution >= 0.6 is 11.6 Å². The molecule has 8 rings (SSSR count). The Kier molecular flexibility index (Phi) is 18.0. The van der Waals surface area contributed by atoms with Crippen molar-refractivity contribution in [1.82, 2.24) is 15.0 Å². The Bertz CT molecular complexity index is 2050. The maximum absolute atomic E-state index is 6.84. The third-order valence-corrected chi connectivity index (χ3v) is 13.4. The van der Waals surface area contributed by atoms with Crippen molar-refractivity contribution >= 4 is 11.6 Å². The average molecular weight is 831 g/mol. The molecule has 3 nitrogen and oxygen atoms in total. The van der Waals surface area contributed by atoms with Gasteiger partial charge in [-0.25, -0.2) is 15.0 Å². The minimum absolute atomic E-state index is 0.470. The van der Waals surface area contributed by atoms with Crippen LogP contribution < -0.4 is 0 Å². The van der Waals surface area contributed by atoms with Crippen LogP contribution in [0.25, 0.3) is 34.2 Å². The van der Waals surface area contributed by atoms with Crippen LogP contribution in [0.5, 0.6) is 0 Å². The number of hydrogen-bond donors (Lipinski definition) is 0. The Morgan fingerprint density at radius 3 is 1.00 bits per heavy atom. The molecule has 6 aromatic rings. The second kappa shape index (κ2) is 24.7. The standard InChI is InChI=1S/C39H40ClN3.C18H28/c40-36-27-34(31-19-8-3-1-2-7-16-30(24-15-25-31)29-17-9-4-10-18-29)26-35(28-36)39-42-37(32-20-11-5-12-21-32)41-38(43-39)33-22-13-6-14-23-33;1-2-4-6-9-13-17(14-10-7-5-3-1)18-15-11-8-12-16-18/h4-6,9-14,17-18,20-23,26-28,30-31H,1-3,7-8,15-16,19,24-25H2;8,11-12,15-17H,1-7,9-10,13-14H2. The van der Waals surface area contributed by atoms with E-state index in [1.165, 1.54) is 146 Å². The van der Waals surface area contributed by atoms with E-state index < -0.39 is 0 Å². The molecule has 0 N–H and O–H groups in total. The molecular formula is C57H68ClN3. The number of halogens is 1. The van der Waals surface area contributed by atoms with Crippen LogP contribution in [-0.4, -0.2) is 15.0 Å². The van der Waals surface area contributed by atoms with Crippen molar-refractivity contribution in [2.75, 3.05) is 0 Å². The van der Waals surface area contributed by atoms with Gasteiger partial charge in [-0.05, 0) is 91.2 Å². The number of nitrogens with zero attached hydrogens (tertiary/aromatic N) is 3. The first-order chi connectivity index (χ1) is 30.2. The van der Waals surface area contributed by atoms with Gasteiger partial charge in [-0.3, -0.25) is 0 Å². The van der Waals surface area contributed by atoms with E-state index in [9.17, 15) is 0 Å². The first kappa shape index (κ1) is 44.5. The molecule has 2 saturated carbocycles. The fraction of sp³-hybridized carbons (Fsp3) is 0.421. The van der Waals surface area contributed by atoms with Crippen LogP contribution in [0.3, 0.4) is 0 Å². The average Bonchev–Trinajstić information content (AvgIpc) is 3.30. The van der Waals surface area contributed by atoms with E-state index in [0.717, 1.165) is 27.6 Å². The third kappa shape index (κ3) is 14.2. The minimum Gasteiger partial charge on any atom is -0.208 e. The summed E-state index contributed by atoms with van der Waals surface area (Å²) in [5.41, 5.74) is 7.27. The lowest BCUT2D eigenvalue weighted by atomic mass is 9.83. The highest BCUT2D eigenvalue weighted by Gasteiger charge is 2.20. The summed E-state index contributed by atoms with van der Waals surface area (Å²) < 4.78 is 0. The Balaban J connectivity index is 0.000000260. The maximum Gasteiger partial charge on any atom is 0.164 e. The number of benzene rings is 5. The fourth-order valence-corrected chi connectivity index (χ4v) is 9.98. The van der Waals surface area contributed by atoms with Crippen molar-refractivity contribution in [3.05, 3.63) is 161 Å². The second-order valence-electron chi connectivity index (χ2n) is 17.8. The van der Waals surface area contributed by atoms with Crippen LogP contribution in [0.4, 0.5) is 0 Å². The summed E-state index contributed by atoms with van der Waals surface area (Å²) >= 11 is 6.84. The van der Waals surface area contributed by atoms with Crippen LogP contribution in [0.2, 0.25) is 5.02 Å². The van der Waals surface area contributed by atoms with E-state index >= 15 is 0 Å². The van der Waals surface area contributed by atoms with Gasteiger partial charge in [-0.15, -0.1) is 0 Å². The van der Waals surface area contributed by atoms with Gasteiger partial charge in [0.2, 0.25) is 0 Å². The first-order valence-corrected chi connectivity index (χ1v) is 24.3. The summed E-state index contributed by atoms with van der Waals surface area (Å²) in [7, 11) is 0. The lowest BCUT2D eigenvalue weighted by Gasteiger charge is -2.23. The molecule has 0 amide bonds. The predicted molar refractivity (Wildman–Crippen MR) is 259 cm³/mol. The summed E-state index contributed by atoms with van der Waals surface area (Å²) in [5, 5.41) is 0.740. The molecule has 4 heteroatoms. The van der Waals surface area contributed by atoms with Crippen molar-refractivity contribution in [2.45, 2.75) is 153 Å². The largest absolute Gasteiger partial charge is 0.208 e. The molecule has 0 spiro atoms. The van der Waals surface area contributed by atoms with E-state index in [2.05, 4.69) is 72.8 Å². The summed E-state index contributed by atoms with van der Waals surface area (Å²) in [6.45, 7) is 0. The zero-order valence-corrected chi connectivity index (χ0v) is 37.3. The lowest BCUT2D eigenvalue weighted by Crippen LogP contribution is -2.05. The van der Waals surface area contributed by atoms with E-state index in [-0.39, 0.29) is 0 Å². The van der Waals surface area contributed by atoms with Crippen LogP contribution in [-0.2, 0) is 0 Å². The van der Waals surface area contributed by atoms with Gasteiger partial charge in [-0.1, -0.05) is 229 Å². The molecule has 1 heterocycles. The number of aromatic nitrogens is 3. The molecule has 2 aliphatic rings. The predicted octanol–water partition coefficient (Wildman–Crippen LogP) is 17.4. The molecule has 0 bridgehead atoms. The Morgan fingerprint density at radius 1 is 0.295 bits per heavy atom. The quantitative estimate of drug-likeness (QED) is 0.168. The van der Waals surface area contributed by atoms with Gasteiger partial charge in [0.25, 0.3) is 0 Å². The van der Waals surface area contributed by atoms with E-state index in [4.69, 9.17) is 26.6 Å². The molecule has 61 heavy (non-hydrogen) atoms. The molecule has 2 aliphatic carbocycles. The highest BCUT2D eigenvalue weighted by atomic mass is 35.5. The molecule has 2 unspecified atom stereocenters. The lowest BCUT2D eigenvalue weighted by molar-refractivity contribution is 0.441. The van der Waals surface area contributed by atoms with Crippen molar-refractivity contribution in [2.24, 2.45) is 0 Å². The van der Waals surface area contributed by atoms with Crippen molar-refractivity contribution in [3.8, 4) is 34.2 Å². The normalized spacial score (nSPS) is 19.1. The first-order valence-electron chi connectivity index (χ1n) is 24.0. The van der Waals surface area contributed by atoms with Gasteiger partial charge in [0, 0.05) is 21.7 Å². The molecule has 2 atom stereocenters. The summed E-state index contributed by atoms with van der Waals surface area (Å²) in [5.74, 6) is 3.94. The molecule has 5 aromatic carbocycles. The SMILES string of the molecule is Clc1cc(-c2nc(-c3ccccc3)nc(-c3ccccc3)n2)cc(C2CCCCCCCC(c3ccccc3)CCC2)c1.c1ccc(C2CCCCCCCCCCC2)cc1. The second-order valence-corrected chi connectivity index (χ2v) is 18.2. The molecule has 2 fully saturated rings. The van der Waals surface area contributed by atoms with Crippen molar-refractivity contribution < 1.29 is 0 Å². The minimum atomic E-state index is 0.470. The van der Waals surface area contributed by atoms with Gasteiger partial charge >= 0.3 is 0 Å². The third-order valence-electron chi connectivity index (χ3n) is 13.2. The highest BCUT2D eigenvalue weighted by Crippen LogP contribution is 2.37. The highest BCUT2D eigenvalue weighted by molar-refractivity contribution is 6.31. The Labute approximate surface area is 372 Å². The number of hydrogen-bond acceptors (Lipinski definition) is 3. The smallest absolute Gasteiger partial charge is 0.164 e. The van der Waals surface area contributed by atoms with Gasteiger partial charge < -0.3 is 0 Å². The summed E-state index contributed by atoms with van der Waals surface area (Å²) in [6.07, 6.45) is 28.6. The number of rotatable bonds is 6. The summed E-state index contributed by atoms with van der Waals surface area (Å²) in [4.78, 5) is 14.8. The zero-order chi connectivity index (χ0) is 41.7. The van der Waals surface area contributed by atoms with Gasteiger partial charge in [0.1, 0.15) is 0 Å². The van der Waals surface area contributed by atoms with Gasteiger partial charge in [-0.2, -0.15) is 0 Å². The van der Waals surface area contributed by atoms with Crippen LogP contribution in [0, 0.1) is 0 Å². The van der Waals surface area contributed by atoms with Crippen molar-refractivity contribution in [3.63, 3.8) is 0 Å². The van der Waals surface area contributed by atoms with E-state index in [1.54, 1.807) is 5.56 Å². The topological polar surface area (TPSA) is 38.7 Å². The maximum atomic E-state index is 6.84. The molecule has 0 saturated heterocycles. The van der Waals surface area contributed by atoms with Crippen molar-refractivity contribution in [1.29, 1.82) is 0 Å². The van der Waals surface area contributed by atoms with Gasteiger partial charge in [0.05, 0.1) is 0 Å². The Hall–Kier alpha value is -4.60. The molecule has 0 aliphatic heterocycles. The molecule has 0 radical (unpaired) electrons. The van der Waals surface area contributed by atoms with Crippen LogP contribution in [0.15, 0.2) is 140 Å². The Morgan fingerprint density at radius 2 is 0.607 bits per heavy atom. The molecular weight excluding hydrogens is 762 g/mol. The fourth-order valence-electron chi connectivity index (χ4n) is 9.74.